The Kier molecular flexibility index (Phi) is 7.50. The van der Waals surface area contributed by atoms with Crippen LogP contribution in [0.5, 0.6) is 11.5 Å². The van der Waals surface area contributed by atoms with Crippen LogP contribution in [0, 0.1) is 6.92 Å². The third-order valence-corrected chi connectivity index (χ3v) is 5.81. The molecule has 0 spiro atoms. The van der Waals surface area contributed by atoms with Crippen LogP contribution in [-0.2, 0) is 4.79 Å². The molecule has 0 radical (unpaired) electrons. The van der Waals surface area contributed by atoms with E-state index in [2.05, 4.69) is 40.1 Å². The first-order valence-corrected chi connectivity index (χ1v) is 11.4. The molecule has 1 N–H and O–H groups in total. The summed E-state index contributed by atoms with van der Waals surface area (Å²) in [6.07, 6.45) is 0. The molecule has 0 aliphatic carbocycles. The van der Waals surface area contributed by atoms with Gasteiger partial charge in [0.25, 0.3) is 5.91 Å². The molecule has 7 heteroatoms. The molecule has 3 aromatic rings. The highest BCUT2D eigenvalue weighted by Gasteiger charge is 2.14. The molecule has 0 saturated heterocycles. The van der Waals surface area contributed by atoms with Crippen molar-refractivity contribution in [2.75, 3.05) is 18.5 Å². The molecule has 0 unspecified atom stereocenters. The van der Waals surface area contributed by atoms with Gasteiger partial charge in [0, 0.05) is 14.9 Å². The topological polar surface area (TPSA) is 60.5 Å². The van der Waals surface area contributed by atoms with Gasteiger partial charge in [0.1, 0.15) is 11.5 Å². The molecular formula is C23H25BrN2O3S. The minimum absolute atomic E-state index is 0.0711. The van der Waals surface area contributed by atoms with E-state index in [9.17, 15) is 4.79 Å². The quantitative estimate of drug-likeness (QED) is 0.397. The Balaban J connectivity index is 1.65. The number of thiazole rings is 1. The standard InChI is InChI=1S/C23H25BrN2O3S/c1-5-28-18-9-6-16(7-10-18)22-15(4)30-23(26-22)25-21(27)13-29-20-11-8-17(24)12-19(20)14(2)3/h6-12,14H,5,13H2,1-4H3,(H,25,26,27). The van der Waals surface area contributed by atoms with E-state index in [-0.39, 0.29) is 12.5 Å². The summed E-state index contributed by atoms with van der Waals surface area (Å²) in [5, 5.41) is 3.40. The molecular weight excluding hydrogens is 464 g/mol. The SMILES string of the molecule is CCOc1ccc(-c2nc(NC(=O)COc3ccc(Br)cc3C(C)C)sc2C)cc1. The molecule has 0 aliphatic rings. The summed E-state index contributed by atoms with van der Waals surface area (Å²) < 4.78 is 12.3. The maximum atomic E-state index is 12.4. The van der Waals surface area contributed by atoms with Crippen LogP contribution in [0.25, 0.3) is 11.3 Å². The van der Waals surface area contributed by atoms with Crippen molar-refractivity contribution in [3.8, 4) is 22.8 Å². The fourth-order valence-corrected chi connectivity index (χ4v) is 4.22. The third-order valence-electron chi connectivity index (χ3n) is 4.43. The number of halogens is 1. The molecule has 30 heavy (non-hydrogen) atoms. The van der Waals surface area contributed by atoms with Crippen molar-refractivity contribution in [2.24, 2.45) is 0 Å². The van der Waals surface area contributed by atoms with Gasteiger partial charge in [0.2, 0.25) is 0 Å². The lowest BCUT2D eigenvalue weighted by molar-refractivity contribution is -0.118. The van der Waals surface area contributed by atoms with Crippen molar-refractivity contribution in [1.82, 2.24) is 4.98 Å². The number of nitrogens with zero attached hydrogens (tertiary/aromatic N) is 1. The highest BCUT2D eigenvalue weighted by Crippen LogP contribution is 2.32. The second-order valence-electron chi connectivity index (χ2n) is 7.05. The average Bonchev–Trinajstić information content (AvgIpc) is 3.07. The van der Waals surface area contributed by atoms with E-state index < -0.39 is 0 Å². The number of carbonyl (C=O) groups is 1. The number of anilines is 1. The van der Waals surface area contributed by atoms with E-state index in [1.165, 1.54) is 11.3 Å². The van der Waals surface area contributed by atoms with Crippen LogP contribution in [0.15, 0.2) is 46.9 Å². The van der Waals surface area contributed by atoms with Gasteiger partial charge in [-0.05, 0) is 67.8 Å². The number of hydrogen-bond donors (Lipinski definition) is 1. The maximum Gasteiger partial charge on any atom is 0.264 e. The summed E-state index contributed by atoms with van der Waals surface area (Å²) in [6.45, 7) is 8.69. The summed E-state index contributed by atoms with van der Waals surface area (Å²) in [6, 6.07) is 13.6. The predicted octanol–water partition coefficient (Wildman–Crippen LogP) is 6.42. The zero-order valence-electron chi connectivity index (χ0n) is 17.5. The number of hydrogen-bond acceptors (Lipinski definition) is 5. The van der Waals surface area contributed by atoms with Gasteiger partial charge in [0.15, 0.2) is 11.7 Å². The fraction of sp³-hybridized carbons (Fsp3) is 0.304. The van der Waals surface area contributed by atoms with Gasteiger partial charge >= 0.3 is 0 Å². The summed E-state index contributed by atoms with van der Waals surface area (Å²) in [7, 11) is 0. The molecule has 3 rings (SSSR count). The highest BCUT2D eigenvalue weighted by atomic mass is 79.9. The van der Waals surface area contributed by atoms with Crippen molar-refractivity contribution in [2.45, 2.75) is 33.6 Å². The Morgan fingerprint density at radius 3 is 2.57 bits per heavy atom. The summed E-state index contributed by atoms with van der Waals surface area (Å²) >= 11 is 4.93. The van der Waals surface area contributed by atoms with E-state index in [1.807, 2.05) is 56.3 Å². The normalized spacial score (nSPS) is 10.9. The first-order chi connectivity index (χ1) is 14.4. The average molecular weight is 489 g/mol. The third kappa shape index (κ3) is 5.61. The number of carbonyl (C=O) groups excluding carboxylic acids is 1. The first kappa shape index (κ1) is 22.3. The summed E-state index contributed by atoms with van der Waals surface area (Å²) in [4.78, 5) is 18.0. The van der Waals surface area contributed by atoms with Gasteiger partial charge < -0.3 is 9.47 Å². The second-order valence-corrected chi connectivity index (χ2v) is 9.17. The minimum Gasteiger partial charge on any atom is -0.494 e. The molecule has 0 saturated carbocycles. The van der Waals surface area contributed by atoms with Gasteiger partial charge in [-0.25, -0.2) is 4.98 Å². The molecule has 1 amide bonds. The van der Waals surface area contributed by atoms with E-state index >= 15 is 0 Å². The maximum absolute atomic E-state index is 12.4. The van der Waals surface area contributed by atoms with Crippen LogP contribution in [0.3, 0.4) is 0 Å². The zero-order chi connectivity index (χ0) is 21.7. The van der Waals surface area contributed by atoms with Crippen molar-refractivity contribution < 1.29 is 14.3 Å². The molecule has 0 aliphatic heterocycles. The van der Waals surface area contributed by atoms with Gasteiger partial charge in [0.05, 0.1) is 12.3 Å². The zero-order valence-corrected chi connectivity index (χ0v) is 19.9. The Hall–Kier alpha value is -2.38. The molecule has 0 bridgehead atoms. The van der Waals surface area contributed by atoms with Crippen molar-refractivity contribution >= 4 is 38.3 Å². The lowest BCUT2D eigenvalue weighted by Crippen LogP contribution is -2.20. The van der Waals surface area contributed by atoms with Crippen LogP contribution >= 0.6 is 27.3 Å². The Morgan fingerprint density at radius 2 is 1.90 bits per heavy atom. The number of rotatable bonds is 8. The second kappa shape index (κ2) is 10.1. The van der Waals surface area contributed by atoms with Crippen molar-refractivity contribution in [3.63, 3.8) is 0 Å². The Labute approximate surface area is 189 Å². The minimum atomic E-state index is -0.236. The molecule has 158 valence electrons. The molecule has 0 fully saturated rings. The van der Waals surface area contributed by atoms with Crippen LogP contribution < -0.4 is 14.8 Å². The molecule has 1 heterocycles. The lowest BCUT2D eigenvalue weighted by Gasteiger charge is -2.14. The van der Waals surface area contributed by atoms with Crippen molar-refractivity contribution in [3.05, 3.63) is 57.4 Å². The number of aromatic nitrogens is 1. The van der Waals surface area contributed by atoms with Gasteiger partial charge in [-0.1, -0.05) is 29.8 Å². The number of nitrogens with one attached hydrogen (secondary N) is 1. The predicted molar refractivity (Wildman–Crippen MR) is 126 cm³/mol. The number of benzene rings is 2. The molecule has 1 aromatic heterocycles. The number of aryl methyl sites for hydroxylation is 1. The van der Waals surface area contributed by atoms with Crippen LogP contribution in [0.1, 0.15) is 37.1 Å². The van der Waals surface area contributed by atoms with Crippen molar-refractivity contribution in [1.29, 1.82) is 0 Å². The monoisotopic (exact) mass is 488 g/mol. The number of ether oxygens (including phenoxy) is 2. The van der Waals surface area contributed by atoms with E-state index in [4.69, 9.17) is 9.47 Å². The molecule has 5 nitrogen and oxygen atoms in total. The fourth-order valence-electron chi connectivity index (χ4n) is 2.99. The van der Waals surface area contributed by atoms with Crippen LogP contribution in [0.4, 0.5) is 5.13 Å². The van der Waals surface area contributed by atoms with Crippen LogP contribution in [-0.4, -0.2) is 24.1 Å². The molecule has 0 atom stereocenters. The summed E-state index contributed by atoms with van der Waals surface area (Å²) in [5.74, 6) is 1.60. The van der Waals surface area contributed by atoms with Gasteiger partial charge in [-0.3, -0.25) is 10.1 Å². The largest absolute Gasteiger partial charge is 0.494 e. The lowest BCUT2D eigenvalue weighted by atomic mass is 10.0. The van der Waals surface area contributed by atoms with Gasteiger partial charge in [-0.2, -0.15) is 0 Å². The van der Waals surface area contributed by atoms with E-state index in [0.29, 0.717) is 23.4 Å². The van der Waals surface area contributed by atoms with Gasteiger partial charge in [-0.15, -0.1) is 11.3 Å². The smallest absolute Gasteiger partial charge is 0.264 e. The Bertz CT molecular complexity index is 1020. The first-order valence-electron chi connectivity index (χ1n) is 9.80. The van der Waals surface area contributed by atoms with E-state index in [0.717, 1.165) is 31.9 Å². The number of amides is 1. The van der Waals surface area contributed by atoms with Crippen LogP contribution in [0.2, 0.25) is 0 Å². The summed E-state index contributed by atoms with van der Waals surface area (Å²) in [5.41, 5.74) is 2.90. The Morgan fingerprint density at radius 1 is 1.17 bits per heavy atom. The molecule has 2 aromatic carbocycles. The highest BCUT2D eigenvalue weighted by molar-refractivity contribution is 9.10. The van der Waals surface area contributed by atoms with E-state index in [1.54, 1.807) is 0 Å².